The Morgan fingerprint density at radius 1 is 0.213 bits per heavy atom. The van der Waals surface area contributed by atoms with Crippen LogP contribution in [0.5, 0.6) is 0 Å². The molecule has 10 aromatic rings. The first-order chi connectivity index (χ1) is 30.1. The first-order valence-electron chi connectivity index (χ1n) is 21.1. The molecule has 10 rings (SSSR count). The summed E-state index contributed by atoms with van der Waals surface area (Å²) in [6, 6.07) is 86.4. The van der Waals surface area contributed by atoms with E-state index in [9.17, 15) is 0 Å². The molecule has 0 radical (unpaired) electrons. The van der Waals surface area contributed by atoms with Crippen LogP contribution >= 0.6 is 0 Å². The molecule has 61 heavy (non-hydrogen) atoms. The zero-order valence-electron chi connectivity index (χ0n) is 34.5. The van der Waals surface area contributed by atoms with E-state index in [0.717, 1.165) is 22.6 Å². The van der Waals surface area contributed by atoms with Crippen molar-refractivity contribution in [2.45, 2.75) is 13.8 Å². The number of aromatic nitrogens is 1. The van der Waals surface area contributed by atoms with Crippen molar-refractivity contribution in [3.63, 3.8) is 0 Å². The van der Waals surface area contributed by atoms with Crippen LogP contribution in [0, 0.1) is 13.8 Å². The molecule has 0 N–H and O–H groups in total. The van der Waals surface area contributed by atoms with E-state index < -0.39 is 0 Å². The van der Waals surface area contributed by atoms with Gasteiger partial charge in [0, 0.05) is 5.69 Å². The number of nitrogens with zero attached hydrogens (tertiary/aromatic N) is 1. The van der Waals surface area contributed by atoms with Crippen LogP contribution in [0.15, 0.2) is 237 Å². The van der Waals surface area contributed by atoms with Gasteiger partial charge in [-0.1, -0.05) is 223 Å². The van der Waals surface area contributed by atoms with Gasteiger partial charge in [0.25, 0.3) is 0 Å². The second-order valence-corrected chi connectivity index (χ2v) is 15.8. The lowest BCUT2D eigenvalue weighted by Crippen LogP contribution is -2.03. The van der Waals surface area contributed by atoms with Gasteiger partial charge in [-0.3, -0.25) is 0 Å². The van der Waals surface area contributed by atoms with Crippen molar-refractivity contribution in [3.8, 4) is 95.0 Å². The van der Waals surface area contributed by atoms with Crippen LogP contribution in [0.2, 0.25) is 0 Å². The normalized spacial score (nSPS) is 11.1. The molecule has 0 atom stereocenters. The Labute approximate surface area is 359 Å². The lowest BCUT2D eigenvalue weighted by Gasteiger charge is -2.29. The average molecular weight is 780 g/mol. The Hall–Kier alpha value is -7.74. The van der Waals surface area contributed by atoms with Gasteiger partial charge in [0.2, 0.25) is 0 Å². The van der Waals surface area contributed by atoms with Crippen LogP contribution in [0.25, 0.3) is 95.0 Å². The van der Waals surface area contributed by atoms with E-state index >= 15 is 0 Å². The smallest absolute Gasteiger partial charge is 0.0535 e. The Morgan fingerprint density at radius 3 is 0.705 bits per heavy atom. The second-order valence-electron chi connectivity index (χ2n) is 15.8. The summed E-state index contributed by atoms with van der Waals surface area (Å²) in [5.74, 6) is 0. The molecule has 1 heterocycles. The highest BCUT2D eigenvalue weighted by molar-refractivity contribution is 6.15. The van der Waals surface area contributed by atoms with E-state index in [-0.39, 0.29) is 0 Å². The molecule has 0 saturated heterocycles. The van der Waals surface area contributed by atoms with Crippen molar-refractivity contribution in [1.29, 1.82) is 0 Å². The molecule has 0 aliphatic heterocycles. The Balaban J connectivity index is 1.32. The van der Waals surface area contributed by atoms with E-state index in [2.05, 4.69) is 255 Å². The Morgan fingerprint density at radius 2 is 0.443 bits per heavy atom. The minimum atomic E-state index is 1.11. The van der Waals surface area contributed by atoms with E-state index in [1.165, 1.54) is 83.5 Å². The van der Waals surface area contributed by atoms with Crippen LogP contribution in [0.1, 0.15) is 11.1 Å². The number of benzene rings is 9. The molecule has 1 nitrogen and oxygen atoms in total. The van der Waals surface area contributed by atoms with Crippen molar-refractivity contribution < 1.29 is 0 Å². The van der Waals surface area contributed by atoms with Crippen molar-refractivity contribution in [2.24, 2.45) is 0 Å². The van der Waals surface area contributed by atoms with Crippen LogP contribution in [-0.2, 0) is 0 Å². The monoisotopic (exact) mass is 779 g/mol. The molecule has 0 bridgehead atoms. The molecule has 1 heteroatoms. The van der Waals surface area contributed by atoms with Gasteiger partial charge in [-0.05, 0) is 116 Å². The Bertz CT molecular complexity index is 2890. The summed E-state index contributed by atoms with van der Waals surface area (Å²) >= 11 is 0. The first-order valence-corrected chi connectivity index (χ1v) is 21.1. The van der Waals surface area contributed by atoms with Crippen LogP contribution in [-0.4, -0.2) is 4.57 Å². The highest BCUT2D eigenvalue weighted by Gasteiger charge is 2.29. The fourth-order valence-electron chi connectivity index (χ4n) is 8.90. The summed E-state index contributed by atoms with van der Waals surface area (Å²) in [4.78, 5) is 0. The summed E-state index contributed by atoms with van der Waals surface area (Å²) in [5, 5.41) is 0. The van der Waals surface area contributed by atoms with Gasteiger partial charge in [-0.15, -0.1) is 0 Å². The fraction of sp³-hybridized carbons (Fsp3) is 0.0333. The third-order valence-corrected chi connectivity index (χ3v) is 11.8. The Kier molecular flexibility index (Phi) is 10.1. The van der Waals surface area contributed by atoms with Gasteiger partial charge in [-0.25, -0.2) is 0 Å². The maximum atomic E-state index is 2.42. The van der Waals surface area contributed by atoms with Crippen molar-refractivity contribution in [3.05, 3.63) is 248 Å². The fourth-order valence-corrected chi connectivity index (χ4v) is 8.90. The van der Waals surface area contributed by atoms with Crippen LogP contribution < -0.4 is 0 Å². The van der Waals surface area contributed by atoms with E-state index in [1.54, 1.807) is 0 Å². The third kappa shape index (κ3) is 7.22. The molecule has 0 aliphatic rings. The molecule has 290 valence electrons. The quantitative estimate of drug-likeness (QED) is 0.137. The molecule has 0 saturated carbocycles. The zero-order chi connectivity index (χ0) is 41.1. The highest BCUT2D eigenvalue weighted by Crippen LogP contribution is 2.56. The molecule has 0 unspecified atom stereocenters. The van der Waals surface area contributed by atoms with E-state index in [0.29, 0.717) is 0 Å². The van der Waals surface area contributed by atoms with E-state index in [4.69, 9.17) is 0 Å². The van der Waals surface area contributed by atoms with Gasteiger partial charge in [0.1, 0.15) is 0 Å². The van der Waals surface area contributed by atoms with Crippen LogP contribution in [0.4, 0.5) is 0 Å². The molecule has 0 aliphatic carbocycles. The minimum absolute atomic E-state index is 1.11. The number of hydrogen-bond donors (Lipinski definition) is 0. The summed E-state index contributed by atoms with van der Waals surface area (Å²) in [7, 11) is 0. The highest BCUT2D eigenvalue weighted by atomic mass is 15.0. The summed E-state index contributed by atoms with van der Waals surface area (Å²) in [6.45, 7) is 4.29. The van der Waals surface area contributed by atoms with Crippen LogP contribution in [0.3, 0.4) is 0 Å². The summed E-state index contributed by atoms with van der Waals surface area (Å²) < 4.78 is 2.42. The molecule has 1 aromatic heterocycles. The maximum Gasteiger partial charge on any atom is 0.0535 e. The van der Waals surface area contributed by atoms with Gasteiger partial charge < -0.3 is 4.57 Å². The lowest BCUT2D eigenvalue weighted by molar-refractivity contribution is 1.09. The molecular weight excluding hydrogens is 735 g/mol. The SMILES string of the molecule is Cc1ccc(-c2ccc(-c3ccc(C)cc3)n2-c2ccc(-c3c(-c4ccccc4)c(-c4ccccc4)c(-c4ccccc4)c(-c4ccccc4)c3-c3ccccc3)cc2)cc1. The molecular formula is C60H45N. The molecule has 0 fully saturated rings. The average Bonchev–Trinajstić information content (AvgIpc) is 3.78. The topological polar surface area (TPSA) is 4.93 Å². The van der Waals surface area contributed by atoms with Gasteiger partial charge in [0.15, 0.2) is 0 Å². The molecule has 9 aromatic carbocycles. The van der Waals surface area contributed by atoms with Gasteiger partial charge in [-0.2, -0.15) is 0 Å². The van der Waals surface area contributed by atoms with Crippen molar-refractivity contribution in [2.75, 3.05) is 0 Å². The predicted molar refractivity (Wildman–Crippen MR) is 259 cm³/mol. The number of aryl methyl sites for hydroxylation is 2. The first kappa shape index (κ1) is 37.5. The van der Waals surface area contributed by atoms with Crippen molar-refractivity contribution in [1.82, 2.24) is 4.57 Å². The van der Waals surface area contributed by atoms with Gasteiger partial charge in [0.05, 0.1) is 11.4 Å². The molecule has 0 amide bonds. The zero-order valence-corrected chi connectivity index (χ0v) is 34.5. The summed E-state index contributed by atoms with van der Waals surface area (Å²) in [5.41, 5.74) is 22.5. The number of hydrogen-bond acceptors (Lipinski definition) is 0. The van der Waals surface area contributed by atoms with E-state index in [1.807, 2.05) is 0 Å². The minimum Gasteiger partial charge on any atom is -0.309 e. The standard InChI is InChI=1S/C60H45N/c1-42-28-32-44(33-29-42)53-40-41-54(45-34-30-43(2)31-35-45)61(53)52-38-36-51(37-39-52)60-58(49-24-14-6-15-25-49)56(47-20-10-4-11-21-47)55(46-18-8-3-9-19-46)57(48-22-12-5-13-23-48)59(60)50-26-16-7-17-27-50/h3-41H,1-2H3. The third-order valence-electron chi connectivity index (χ3n) is 11.8. The largest absolute Gasteiger partial charge is 0.309 e. The van der Waals surface area contributed by atoms with Gasteiger partial charge >= 0.3 is 0 Å². The second kappa shape index (κ2) is 16.5. The summed E-state index contributed by atoms with van der Waals surface area (Å²) in [6.07, 6.45) is 0. The number of rotatable bonds is 9. The predicted octanol–water partition coefficient (Wildman–Crippen LogP) is 16.4. The maximum absolute atomic E-state index is 2.42. The van der Waals surface area contributed by atoms with Crippen molar-refractivity contribution >= 4 is 0 Å². The molecule has 0 spiro atoms. The lowest BCUT2D eigenvalue weighted by atomic mass is 9.74.